The number of hydrogen-bond acceptors (Lipinski definition) is 7. The molecule has 2 aromatic heterocycles. The fourth-order valence-corrected chi connectivity index (χ4v) is 2.91. The highest BCUT2D eigenvalue weighted by Gasteiger charge is 2.18. The number of pyridine rings is 1. The number of nitrogens with one attached hydrogen (secondary N) is 1. The summed E-state index contributed by atoms with van der Waals surface area (Å²) in [6.07, 6.45) is 3.52. The minimum atomic E-state index is 0.455. The van der Waals surface area contributed by atoms with Crippen molar-refractivity contribution in [2.45, 2.75) is 6.92 Å². The summed E-state index contributed by atoms with van der Waals surface area (Å²) in [5.74, 6) is 1.27. The van der Waals surface area contributed by atoms with Crippen molar-refractivity contribution in [3.63, 3.8) is 0 Å². The van der Waals surface area contributed by atoms with Crippen LogP contribution in [0.5, 0.6) is 0 Å². The molecule has 4 rings (SSSR count). The Bertz CT molecular complexity index is 936. The van der Waals surface area contributed by atoms with Gasteiger partial charge in [0.2, 0.25) is 5.95 Å². The van der Waals surface area contributed by atoms with Gasteiger partial charge in [-0.2, -0.15) is 10.1 Å². The van der Waals surface area contributed by atoms with Crippen molar-refractivity contribution in [1.29, 1.82) is 0 Å². The number of hydrogen-bond donors (Lipinski definition) is 1. The molecule has 1 fully saturated rings. The molecule has 3 aromatic rings. The van der Waals surface area contributed by atoms with E-state index in [-0.39, 0.29) is 0 Å². The van der Waals surface area contributed by atoms with Crippen LogP contribution in [-0.2, 0) is 4.74 Å². The van der Waals surface area contributed by atoms with Gasteiger partial charge in [0.1, 0.15) is 5.52 Å². The lowest BCUT2D eigenvalue weighted by Gasteiger charge is -2.28. The minimum Gasteiger partial charge on any atom is -0.378 e. The number of morpholine rings is 1. The Morgan fingerprint density at radius 3 is 2.88 bits per heavy atom. The van der Waals surface area contributed by atoms with Gasteiger partial charge in [0.15, 0.2) is 5.82 Å². The molecule has 0 saturated carbocycles. The van der Waals surface area contributed by atoms with Gasteiger partial charge < -0.3 is 9.64 Å². The van der Waals surface area contributed by atoms with Gasteiger partial charge in [-0.3, -0.25) is 4.98 Å². The molecule has 26 heavy (non-hydrogen) atoms. The lowest BCUT2D eigenvalue weighted by molar-refractivity contribution is 0.122. The Morgan fingerprint density at radius 2 is 2.04 bits per heavy atom. The number of aryl methyl sites for hydroxylation is 1. The molecule has 0 radical (unpaired) electrons. The topological polar surface area (TPSA) is 75.5 Å². The zero-order valence-corrected chi connectivity index (χ0v) is 14.6. The smallest absolute Gasteiger partial charge is 0.246 e. The van der Waals surface area contributed by atoms with E-state index in [1.165, 1.54) is 5.56 Å². The molecule has 7 heteroatoms. The molecule has 0 bridgehead atoms. The summed E-state index contributed by atoms with van der Waals surface area (Å²) in [5.41, 5.74) is 6.74. The minimum absolute atomic E-state index is 0.455. The maximum absolute atomic E-state index is 5.44. The molecule has 0 amide bonds. The predicted octanol–water partition coefficient (Wildman–Crippen LogP) is 2.62. The maximum atomic E-state index is 5.44. The zero-order valence-electron chi connectivity index (χ0n) is 14.6. The van der Waals surface area contributed by atoms with E-state index in [1.54, 1.807) is 12.4 Å². The van der Waals surface area contributed by atoms with Crippen molar-refractivity contribution < 1.29 is 4.74 Å². The van der Waals surface area contributed by atoms with Crippen LogP contribution in [-0.4, -0.2) is 47.5 Å². The SMILES string of the molecule is Cc1cccc(/C=N/Nc2nc(N3CCOCC3)c3ncccc3n2)c1. The number of rotatable bonds is 4. The second-order valence-corrected chi connectivity index (χ2v) is 6.13. The summed E-state index contributed by atoms with van der Waals surface area (Å²) >= 11 is 0. The van der Waals surface area contributed by atoms with Gasteiger partial charge in [0.05, 0.1) is 24.9 Å². The second kappa shape index (κ2) is 7.45. The molecule has 0 spiro atoms. The molecule has 1 N–H and O–H groups in total. The van der Waals surface area contributed by atoms with Gasteiger partial charge in [-0.05, 0) is 24.6 Å². The highest BCUT2D eigenvalue weighted by molar-refractivity contribution is 5.87. The van der Waals surface area contributed by atoms with E-state index in [0.717, 1.165) is 35.5 Å². The summed E-state index contributed by atoms with van der Waals surface area (Å²) in [6, 6.07) is 11.9. The van der Waals surface area contributed by atoms with Gasteiger partial charge in [-0.15, -0.1) is 0 Å². The average molecular weight is 348 g/mol. The van der Waals surface area contributed by atoms with Crippen LogP contribution in [0.15, 0.2) is 47.7 Å². The first-order chi connectivity index (χ1) is 12.8. The number of aromatic nitrogens is 3. The molecular weight excluding hydrogens is 328 g/mol. The van der Waals surface area contributed by atoms with Crippen molar-refractivity contribution >= 4 is 29.0 Å². The van der Waals surface area contributed by atoms with Crippen LogP contribution in [0.2, 0.25) is 0 Å². The van der Waals surface area contributed by atoms with Crippen molar-refractivity contribution in [3.8, 4) is 0 Å². The highest BCUT2D eigenvalue weighted by Crippen LogP contribution is 2.24. The molecule has 3 heterocycles. The van der Waals surface area contributed by atoms with Crippen LogP contribution in [0.25, 0.3) is 11.0 Å². The predicted molar refractivity (Wildman–Crippen MR) is 103 cm³/mol. The molecule has 1 aliphatic heterocycles. The normalized spacial score (nSPS) is 14.9. The van der Waals surface area contributed by atoms with E-state index in [9.17, 15) is 0 Å². The van der Waals surface area contributed by atoms with Gasteiger partial charge in [-0.1, -0.05) is 29.8 Å². The third kappa shape index (κ3) is 3.62. The van der Waals surface area contributed by atoms with E-state index in [0.29, 0.717) is 19.2 Å². The summed E-state index contributed by atoms with van der Waals surface area (Å²) in [4.78, 5) is 15.8. The monoisotopic (exact) mass is 348 g/mol. The van der Waals surface area contributed by atoms with Gasteiger partial charge in [-0.25, -0.2) is 10.4 Å². The van der Waals surface area contributed by atoms with Crippen LogP contribution >= 0.6 is 0 Å². The molecule has 0 atom stereocenters. The van der Waals surface area contributed by atoms with Crippen LogP contribution < -0.4 is 10.3 Å². The van der Waals surface area contributed by atoms with Crippen molar-refractivity contribution in [3.05, 3.63) is 53.7 Å². The third-order valence-electron chi connectivity index (χ3n) is 4.17. The number of anilines is 2. The van der Waals surface area contributed by atoms with Gasteiger partial charge in [0.25, 0.3) is 0 Å². The fraction of sp³-hybridized carbons (Fsp3) is 0.263. The summed E-state index contributed by atoms with van der Waals surface area (Å²) < 4.78 is 5.44. The van der Waals surface area contributed by atoms with E-state index in [2.05, 4.69) is 49.4 Å². The van der Waals surface area contributed by atoms with Crippen LogP contribution in [0.3, 0.4) is 0 Å². The molecule has 7 nitrogen and oxygen atoms in total. The van der Waals surface area contributed by atoms with Crippen LogP contribution in [0.4, 0.5) is 11.8 Å². The Hall–Kier alpha value is -3.06. The van der Waals surface area contributed by atoms with E-state index in [1.807, 2.05) is 24.3 Å². The van der Waals surface area contributed by atoms with Crippen molar-refractivity contribution in [2.24, 2.45) is 5.10 Å². The van der Waals surface area contributed by atoms with Gasteiger partial charge in [0, 0.05) is 19.3 Å². The molecule has 1 aliphatic rings. The van der Waals surface area contributed by atoms with Crippen molar-refractivity contribution in [2.75, 3.05) is 36.6 Å². The third-order valence-corrected chi connectivity index (χ3v) is 4.17. The lowest BCUT2D eigenvalue weighted by atomic mass is 10.2. The second-order valence-electron chi connectivity index (χ2n) is 6.13. The molecule has 1 saturated heterocycles. The Morgan fingerprint density at radius 1 is 1.15 bits per heavy atom. The average Bonchev–Trinajstić information content (AvgIpc) is 2.68. The summed E-state index contributed by atoms with van der Waals surface area (Å²) in [7, 11) is 0. The number of benzene rings is 1. The molecule has 132 valence electrons. The maximum Gasteiger partial charge on any atom is 0.246 e. The molecule has 0 unspecified atom stereocenters. The molecule has 1 aromatic carbocycles. The van der Waals surface area contributed by atoms with Crippen LogP contribution in [0.1, 0.15) is 11.1 Å². The first kappa shape index (κ1) is 16.4. The number of hydrazone groups is 1. The van der Waals surface area contributed by atoms with Crippen LogP contribution in [0, 0.1) is 6.92 Å². The largest absolute Gasteiger partial charge is 0.378 e. The summed E-state index contributed by atoms with van der Waals surface area (Å²) in [5, 5.41) is 4.28. The van der Waals surface area contributed by atoms with E-state index in [4.69, 9.17) is 4.74 Å². The standard InChI is InChI=1S/C19H20N6O/c1-14-4-2-5-15(12-14)13-21-24-19-22-16-6-3-7-20-17(16)18(23-19)25-8-10-26-11-9-25/h2-7,12-13H,8-11H2,1H3,(H,22,23,24)/b21-13+. The van der Waals surface area contributed by atoms with Gasteiger partial charge >= 0.3 is 0 Å². The number of ether oxygens (including phenoxy) is 1. The Balaban J connectivity index is 1.62. The van der Waals surface area contributed by atoms with E-state index < -0.39 is 0 Å². The molecule has 0 aliphatic carbocycles. The highest BCUT2D eigenvalue weighted by atomic mass is 16.5. The number of fused-ring (bicyclic) bond motifs is 1. The zero-order chi connectivity index (χ0) is 17.8. The number of nitrogens with zero attached hydrogens (tertiary/aromatic N) is 5. The lowest BCUT2D eigenvalue weighted by Crippen LogP contribution is -2.37. The first-order valence-electron chi connectivity index (χ1n) is 8.61. The summed E-state index contributed by atoms with van der Waals surface area (Å²) in [6.45, 7) is 5.00. The quantitative estimate of drug-likeness (QED) is 0.577. The molecular formula is C19H20N6O. The first-order valence-corrected chi connectivity index (χ1v) is 8.61. The fourth-order valence-electron chi connectivity index (χ4n) is 2.91. The van der Waals surface area contributed by atoms with E-state index >= 15 is 0 Å². The van der Waals surface area contributed by atoms with Crippen molar-refractivity contribution in [1.82, 2.24) is 15.0 Å². The Labute approximate surface area is 151 Å². The Kier molecular flexibility index (Phi) is 4.70.